The SMILES string of the molecule is COc1ccc2sc(N(CCCN3CCOCC3)C(=O)c3cccc4ccccc34)nc2c1.Cl. The number of carbonyl (C=O) groups excluding carboxylic acids is 1. The van der Waals surface area contributed by atoms with Gasteiger partial charge in [0, 0.05) is 37.8 Å². The normalized spacial score (nSPS) is 14.1. The van der Waals surface area contributed by atoms with Gasteiger partial charge in [-0.3, -0.25) is 14.6 Å². The number of anilines is 1. The van der Waals surface area contributed by atoms with Crippen LogP contribution in [0, 0.1) is 0 Å². The lowest BCUT2D eigenvalue weighted by Crippen LogP contribution is -2.39. The van der Waals surface area contributed by atoms with Crippen molar-refractivity contribution in [2.24, 2.45) is 0 Å². The maximum Gasteiger partial charge on any atom is 0.260 e. The molecule has 1 saturated heterocycles. The Morgan fingerprint density at radius 2 is 1.91 bits per heavy atom. The molecule has 8 heteroatoms. The quantitative estimate of drug-likeness (QED) is 0.349. The number of aromatic nitrogens is 1. The molecule has 0 aliphatic carbocycles. The van der Waals surface area contributed by atoms with Crippen LogP contribution in [0.3, 0.4) is 0 Å². The lowest BCUT2D eigenvalue weighted by atomic mass is 10.0. The van der Waals surface area contributed by atoms with Crippen LogP contribution in [0.25, 0.3) is 21.0 Å². The van der Waals surface area contributed by atoms with Crippen molar-refractivity contribution in [3.63, 3.8) is 0 Å². The Balaban J connectivity index is 0.00000274. The lowest BCUT2D eigenvalue weighted by molar-refractivity contribution is 0.0376. The largest absolute Gasteiger partial charge is 0.497 e. The van der Waals surface area contributed by atoms with E-state index in [1.165, 1.54) is 0 Å². The summed E-state index contributed by atoms with van der Waals surface area (Å²) in [4.78, 5) is 22.9. The second-order valence-electron chi connectivity index (χ2n) is 8.12. The topological polar surface area (TPSA) is 54.9 Å². The van der Waals surface area contributed by atoms with Gasteiger partial charge in [-0.25, -0.2) is 4.98 Å². The number of amides is 1. The van der Waals surface area contributed by atoms with Crippen molar-refractivity contribution in [3.8, 4) is 5.75 Å². The summed E-state index contributed by atoms with van der Waals surface area (Å²) in [5.41, 5.74) is 1.55. The Morgan fingerprint density at radius 3 is 2.74 bits per heavy atom. The number of benzene rings is 3. The van der Waals surface area contributed by atoms with E-state index < -0.39 is 0 Å². The monoisotopic (exact) mass is 497 g/mol. The molecule has 0 spiro atoms. The van der Waals surface area contributed by atoms with Crippen molar-refractivity contribution in [1.29, 1.82) is 0 Å². The van der Waals surface area contributed by atoms with Crippen LogP contribution in [0.15, 0.2) is 60.7 Å². The second-order valence-corrected chi connectivity index (χ2v) is 9.13. The fourth-order valence-corrected chi connectivity index (χ4v) is 5.23. The predicted octanol–water partition coefficient (Wildman–Crippen LogP) is 5.25. The summed E-state index contributed by atoms with van der Waals surface area (Å²) in [7, 11) is 1.65. The Labute approximate surface area is 209 Å². The molecule has 1 fully saturated rings. The predicted molar refractivity (Wildman–Crippen MR) is 141 cm³/mol. The summed E-state index contributed by atoms with van der Waals surface area (Å²) in [6, 6.07) is 19.8. The number of morpholine rings is 1. The maximum atomic E-state index is 13.9. The van der Waals surface area contributed by atoms with Crippen molar-refractivity contribution in [2.45, 2.75) is 6.42 Å². The summed E-state index contributed by atoms with van der Waals surface area (Å²) in [5.74, 6) is 0.749. The molecule has 1 aromatic heterocycles. The van der Waals surface area contributed by atoms with Crippen molar-refractivity contribution in [1.82, 2.24) is 9.88 Å². The third-order valence-corrected chi connectivity index (χ3v) is 7.10. The molecule has 2 heterocycles. The molecule has 6 nitrogen and oxygen atoms in total. The Hall–Kier alpha value is -2.71. The van der Waals surface area contributed by atoms with Gasteiger partial charge in [0.15, 0.2) is 5.13 Å². The minimum absolute atomic E-state index is 0. The molecule has 0 atom stereocenters. The van der Waals surface area contributed by atoms with Gasteiger partial charge in [0.05, 0.1) is 30.5 Å². The van der Waals surface area contributed by atoms with E-state index in [4.69, 9.17) is 14.5 Å². The molecule has 1 aliphatic rings. The third-order valence-electron chi connectivity index (χ3n) is 6.04. The average Bonchev–Trinajstić information content (AvgIpc) is 3.29. The van der Waals surface area contributed by atoms with E-state index in [1.807, 2.05) is 65.6 Å². The van der Waals surface area contributed by atoms with Gasteiger partial charge in [-0.05, 0) is 35.4 Å². The zero-order chi connectivity index (χ0) is 22.6. The molecule has 0 saturated carbocycles. The number of hydrogen-bond acceptors (Lipinski definition) is 6. The molecule has 5 rings (SSSR count). The van der Waals surface area contributed by atoms with Crippen LogP contribution in [0.1, 0.15) is 16.8 Å². The second kappa shape index (κ2) is 11.1. The first-order chi connectivity index (χ1) is 16.2. The molecule has 178 valence electrons. The number of nitrogens with zero attached hydrogens (tertiary/aromatic N) is 3. The molecule has 0 bridgehead atoms. The smallest absolute Gasteiger partial charge is 0.260 e. The number of fused-ring (bicyclic) bond motifs is 2. The summed E-state index contributed by atoms with van der Waals surface area (Å²) >= 11 is 1.54. The molecule has 0 N–H and O–H groups in total. The first-order valence-corrected chi connectivity index (χ1v) is 12.1. The van der Waals surface area contributed by atoms with Crippen LogP contribution in [0.5, 0.6) is 5.75 Å². The third kappa shape index (κ3) is 5.18. The number of hydrogen-bond donors (Lipinski definition) is 0. The molecule has 1 amide bonds. The van der Waals surface area contributed by atoms with E-state index in [1.54, 1.807) is 18.4 Å². The number of rotatable bonds is 7. The van der Waals surface area contributed by atoms with Crippen LogP contribution in [-0.2, 0) is 4.74 Å². The van der Waals surface area contributed by atoms with E-state index in [0.717, 1.165) is 71.1 Å². The Morgan fingerprint density at radius 1 is 1.12 bits per heavy atom. The van der Waals surface area contributed by atoms with E-state index >= 15 is 0 Å². The Bertz CT molecular complexity index is 1270. The summed E-state index contributed by atoms with van der Waals surface area (Å²) in [6.45, 7) is 4.98. The number of carbonyl (C=O) groups is 1. The highest BCUT2D eigenvalue weighted by atomic mass is 35.5. The zero-order valence-corrected chi connectivity index (χ0v) is 20.7. The van der Waals surface area contributed by atoms with Gasteiger partial charge < -0.3 is 9.47 Å². The summed E-state index contributed by atoms with van der Waals surface area (Å²) in [6.07, 6.45) is 0.871. The van der Waals surface area contributed by atoms with E-state index in [0.29, 0.717) is 12.1 Å². The van der Waals surface area contributed by atoms with Gasteiger partial charge in [0.1, 0.15) is 5.75 Å². The highest BCUT2D eigenvalue weighted by Gasteiger charge is 2.23. The van der Waals surface area contributed by atoms with Crippen LogP contribution in [0.4, 0.5) is 5.13 Å². The number of methoxy groups -OCH3 is 1. The highest BCUT2D eigenvalue weighted by molar-refractivity contribution is 7.22. The van der Waals surface area contributed by atoms with E-state index in [9.17, 15) is 4.79 Å². The molecule has 1 aliphatic heterocycles. The fourth-order valence-electron chi connectivity index (χ4n) is 4.26. The number of ether oxygens (including phenoxy) is 2. The molecular weight excluding hydrogens is 470 g/mol. The summed E-state index contributed by atoms with van der Waals surface area (Å²) < 4.78 is 11.9. The molecule has 0 unspecified atom stereocenters. The van der Waals surface area contributed by atoms with E-state index in [-0.39, 0.29) is 18.3 Å². The molecule has 0 radical (unpaired) electrons. The fraction of sp³-hybridized carbons (Fsp3) is 0.308. The lowest BCUT2D eigenvalue weighted by Gasteiger charge is -2.28. The van der Waals surface area contributed by atoms with Crippen molar-refractivity contribution < 1.29 is 14.3 Å². The van der Waals surface area contributed by atoms with Gasteiger partial charge in [-0.1, -0.05) is 47.7 Å². The number of thiazole rings is 1. The maximum absolute atomic E-state index is 13.9. The Kier molecular flexibility index (Phi) is 8.00. The van der Waals surface area contributed by atoms with Gasteiger partial charge >= 0.3 is 0 Å². The average molecular weight is 498 g/mol. The number of halogens is 1. The van der Waals surface area contributed by atoms with Crippen LogP contribution < -0.4 is 9.64 Å². The molecular formula is C26H28ClN3O3S. The first-order valence-electron chi connectivity index (χ1n) is 11.3. The van der Waals surface area contributed by atoms with Gasteiger partial charge in [0.25, 0.3) is 5.91 Å². The van der Waals surface area contributed by atoms with Crippen LogP contribution >= 0.6 is 23.7 Å². The molecule has 3 aromatic carbocycles. The minimum atomic E-state index is -0.0141. The zero-order valence-electron chi connectivity index (χ0n) is 19.1. The van der Waals surface area contributed by atoms with Crippen LogP contribution in [0.2, 0.25) is 0 Å². The standard InChI is InChI=1S/C26H27N3O3S.ClH/c1-31-20-10-11-24-23(18-20)27-26(33-24)29(13-5-12-28-14-16-32-17-15-28)25(30)22-9-4-7-19-6-2-3-8-21(19)22;/h2-4,6-11,18H,5,12-17H2,1H3;1H. The van der Waals surface area contributed by atoms with Crippen molar-refractivity contribution in [3.05, 3.63) is 66.2 Å². The molecule has 4 aromatic rings. The minimum Gasteiger partial charge on any atom is -0.497 e. The van der Waals surface area contributed by atoms with Crippen molar-refractivity contribution in [2.75, 3.05) is 51.4 Å². The van der Waals surface area contributed by atoms with Crippen molar-refractivity contribution >= 4 is 55.8 Å². The van der Waals surface area contributed by atoms with Gasteiger partial charge in [-0.2, -0.15) is 0 Å². The molecule has 34 heavy (non-hydrogen) atoms. The summed E-state index contributed by atoms with van der Waals surface area (Å²) in [5, 5.41) is 2.75. The van der Waals surface area contributed by atoms with Crippen LogP contribution in [-0.4, -0.2) is 62.3 Å². The van der Waals surface area contributed by atoms with E-state index in [2.05, 4.69) is 4.90 Å². The highest BCUT2D eigenvalue weighted by Crippen LogP contribution is 2.33. The van der Waals surface area contributed by atoms with Gasteiger partial charge in [-0.15, -0.1) is 12.4 Å². The first kappa shape index (κ1) is 24.4. The van der Waals surface area contributed by atoms with Gasteiger partial charge in [0.2, 0.25) is 0 Å².